The average molecular weight is 228 g/mol. The Bertz CT molecular complexity index is 396. The number of nitro groups is 1. The molecule has 0 radical (unpaired) electrons. The van der Waals surface area contributed by atoms with Crippen LogP contribution in [0.3, 0.4) is 0 Å². The second-order valence-corrected chi connectivity index (χ2v) is 3.77. The molecule has 6 nitrogen and oxygen atoms in total. The van der Waals surface area contributed by atoms with Gasteiger partial charge in [0.05, 0.1) is 4.92 Å². The van der Waals surface area contributed by atoms with E-state index in [-0.39, 0.29) is 5.69 Å². The number of amides is 1. The number of hydrogen-bond acceptors (Lipinski definition) is 4. The minimum Gasteiger partial charge on any atom is -0.464 e. The molecule has 0 bridgehead atoms. The highest BCUT2D eigenvalue weighted by atomic mass is 32.2. The van der Waals surface area contributed by atoms with Crippen LogP contribution < -0.4 is 0 Å². The van der Waals surface area contributed by atoms with Crippen molar-refractivity contribution in [1.82, 2.24) is 4.31 Å². The van der Waals surface area contributed by atoms with Crippen molar-refractivity contribution < 1.29 is 14.8 Å². The molecular formula is C8H8N2O4S. The first-order valence-electron chi connectivity index (χ1n) is 3.90. The molecule has 0 aliphatic heterocycles. The molecule has 0 heterocycles. The van der Waals surface area contributed by atoms with E-state index in [0.717, 1.165) is 16.3 Å². The van der Waals surface area contributed by atoms with E-state index in [1.165, 1.54) is 25.2 Å². The largest absolute Gasteiger partial charge is 0.464 e. The van der Waals surface area contributed by atoms with Gasteiger partial charge in [0.15, 0.2) is 0 Å². The lowest BCUT2D eigenvalue weighted by molar-refractivity contribution is -0.387. The number of carboxylic acid groups (broad SMARTS) is 1. The van der Waals surface area contributed by atoms with Crippen LogP contribution in [0.15, 0.2) is 29.2 Å². The third kappa shape index (κ3) is 2.84. The Balaban J connectivity index is 2.94. The van der Waals surface area contributed by atoms with E-state index in [4.69, 9.17) is 5.11 Å². The van der Waals surface area contributed by atoms with Gasteiger partial charge in [-0.3, -0.25) is 14.4 Å². The summed E-state index contributed by atoms with van der Waals surface area (Å²) in [6.45, 7) is 0. The van der Waals surface area contributed by atoms with Crippen molar-refractivity contribution >= 4 is 23.7 Å². The van der Waals surface area contributed by atoms with E-state index in [9.17, 15) is 14.9 Å². The van der Waals surface area contributed by atoms with Crippen LogP contribution in [0.5, 0.6) is 0 Å². The maximum Gasteiger partial charge on any atom is 0.417 e. The van der Waals surface area contributed by atoms with E-state index < -0.39 is 11.0 Å². The van der Waals surface area contributed by atoms with Gasteiger partial charge in [-0.05, 0) is 18.0 Å². The molecule has 80 valence electrons. The number of benzene rings is 1. The Morgan fingerprint density at radius 2 is 2.13 bits per heavy atom. The van der Waals surface area contributed by atoms with Gasteiger partial charge in [-0.25, -0.2) is 4.79 Å². The molecule has 0 spiro atoms. The third-order valence-corrected chi connectivity index (χ3v) is 2.54. The number of nitrogens with zero attached hydrogens (tertiary/aromatic N) is 2. The average Bonchev–Trinajstić information content (AvgIpc) is 2.18. The first-order chi connectivity index (χ1) is 7.02. The van der Waals surface area contributed by atoms with Crippen LogP contribution in [-0.2, 0) is 0 Å². The lowest BCUT2D eigenvalue weighted by Gasteiger charge is -2.10. The monoisotopic (exact) mass is 228 g/mol. The van der Waals surface area contributed by atoms with E-state index >= 15 is 0 Å². The van der Waals surface area contributed by atoms with Gasteiger partial charge in [-0.15, -0.1) is 0 Å². The van der Waals surface area contributed by atoms with Gasteiger partial charge in [0.25, 0.3) is 5.69 Å². The van der Waals surface area contributed by atoms with Crippen molar-refractivity contribution in [2.45, 2.75) is 4.90 Å². The second-order valence-electron chi connectivity index (χ2n) is 2.60. The summed E-state index contributed by atoms with van der Waals surface area (Å²) < 4.78 is 0.905. The quantitative estimate of drug-likeness (QED) is 0.487. The maximum absolute atomic E-state index is 10.6. The van der Waals surface area contributed by atoms with Crippen LogP contribution in [0, 0.1) is 10.1 Å². The van der Waals surface area contributed by atoms with Crippen LogP contribution in [0.25, 0.3) is 0 Å². The van der Waals surface area contributed by atoms with Gasteiger partial charge < -0.3 is 5.11 Å². The molecule has 0 unspecified atom stereocenters. The zero-order chi connectivity index (χ0) is 11.4. The van der Waals surface area contributed by atoms with Gasteiger partial charge in [0, 0.05) is 13.1 Å². The van der Waals surface area contributed by atoms with Crippen LogP contribution in [0.1, 0.15) is 0 Å². The maximum atomic E-state index is 10.6. The Labute approximate surface area is 89.8 Å². The van der Waals surface area contributed by atoms with Crippen LogP contribution >= 0.6 is 11.9 Å². The van der Waals surface area contributed by atoms with E-state index in [2.05, 4.69) is 0 Å². The molecule has 1 aromatic carbocycles. The Morgan fingerprint density at radius 3 is 2.67 bits per heavy atom. The topological polar surface area (TPSA) is 83.7 Å². The van der Waals surface area contributed by atoms with Gasteiger partial charge in [0.1, 0.15) is 4.90 Å². The number of nitro benzene ring substituents is 1. The van der Waals surface area contributed by atoms with Gasteiger partial charge >= 0.3 is 6.09 Å². The fourth-order valence-corrected chi connectivity index (χ4v) is 1.62. The van der Waals surface area contributed by atoms with Crippen molar-refractivity contribution in [3.8, 4) is 0 Å². The molecule has 0 aliphatic rings. The molecule has 15 heavy (non-hydrogen) atoms. The molecule has 1 rings (SSSR count). The molecule has 0 saturated heterocycles. The fourth-order valence-electron chi connectivity index (χ4n) is 0.872. The van der Waals surface area contributed by atoms with Gasteiger partial charge in [0.2, 0.25) is 0 Å². The lowest BCUT2D eigenvalue weighted by atomic mass is 10.3. The fraction of sp³-hybridized carbons (Fsp3) is 0.125. The highest BCUT2D eigenvalue weighted by Crippen LogP contribution is 2.30. The van der Waals surface area contributed by atoms with Crippen molar-refractivity contribution in [1.29, 1.82) is 0 Å². The SMILES string of the molecule is CN(Sc1ccccc1[N+](=O)[O-])C(=O)O. The predicted molar refractivity (Wildman–Crippen MR) is 54.7 cm³/mol. The van der Waals surface area contributed by atoms with Crippen molar-refractivity contribution in [2.75, 3.05) is 7.05 Å². The first kappa shape index (κ1) is 11.3. The minimum absolute atomic E-state index is 0.101. The second kappa shape index (κ2) is 4.65. The number of rotatable bonds is 3. The smallest absolute Gasteiger partial charge is 0.417 e. The summed E-state index contributed by atoms with van der Waals surface area (Å²) in [5.41, 5.74) is -0.101. The molecular weight excluding hydrogens is 220 g/mol. The molecule has 1 amide bonds. The summed E-state index contributed by atoms with van der Waals surface area (Å²) in [6, 6.07) is 5.98. The highest BCUT2D eigenvalue weighted by molar-refractivity contribution is 7.97. The molecule has 0 fully saturated rings. The standard InChI is InChI=1S/C8H8N2O4S/c1-9(8(11)12)15-7-5-3-2-4-6(7)10(13)14/h2-5H,1H3,(H,11,12). The summed E-state index contributed by atoms with van der Waals surface area (Å²) in [4.78, 5) is 20.9. The summed E-state index contributed by atoms with van der Waals surface area (Å²) in [6.07, 6.45) is -1.15. The van der Waals surface area contributed by atoms with Gasteiger partial charge in [-0.2, -0.15) is 0 Å². The molecule has 0 saturated carbocycles. The number of hydrogen-bond donors (Lipinski definition) is 1. The van der Waals surface area contributed by atoms with Crippen LogP contribution in [0.4, 0.5) is 10.5 Å². The summed E-state index contributed by atoms with van der Waals surface area (Å²) in [5.74, 6) is 0. The first-order valence-corrected chi connectivity index (χ1v) is 4.67. The number of para-hydroxylation sites is 1. The van der Waals surface area contributed by atoms with Crippen LogP contribution in [0.2, 0.25) is 0 Å². The lowest BCUT2D eigenvalue weighted by Crippen LogP contribution is -2.16. The Kier molecular flexibility index (Phi) is 3.51. The molecule has 1 N–H and O–H groups in total. The molecule has 7 heteroatoms. The van der Waals surface area contributed by atoms with E-state index in [0.29, 0.717) is 4.90 Å². The predicted octanol–water partition coefficient (Wildman–Crippen LogP) is 2.21. The van der Waals surface area contributed by atoms with Crippen molar-refractivity contribution in [3.63, 3.8) is 0 Å². The molecule has 0 aliphatic carbocycles. The normalized spacial score (nSPS) is 9.67. The number of carbonyl (C=O) groups is 1. The van der Waals surface area contributed by atoms with Crippen molar-refractivity contribution in [3.05, 3.63) is 34.4 Å². The molecule has 1 aromatic rings. The summed E-state index contributed by atoms with van der Waals surface area (Å²) in [7, 11) is 1.32. The third-order valence-electron chi connectivity index (χ3n) is 1.57. The Morgan fingerprint density at radius 1 is 1.53 bits per heavy atom. The zero-order valence-corrected chi connectivity index (χ0v) is 8.60. The minimum atomic E-state index is -1.15. The zero-order valence-electron chi connectivity index (χ0n) is 7.78. The highest BCUT2D eigenvalue weighted by Gasteiger charge is 2.16. The molecule has 0 atom stereocenters. The Hall–Kier alpha value is -1.76. The summed E-state index contributed by atoms with van der Waals surface area (Å²) >= 11 is 0.799. The van der Waals surface area contributed by atoms with E-state index in [1.807, 2.05) is 0 Å². The van der Waals surface area contributed by atoms with Gasteiger partial charge in [-0.1, -0.05) is 12.1 Å². The van der Waals surface area contributed by atoms with Crippen LogP contribution in [-0.4, -0.2) is 27.5 Å². The molecule has 0 aromatic heterocycles. The van der Waals surface area contributed by atoms with Crippen molar-refractivity contribution in [2.24, 2.45) is 0 Å². The van der Waals surface area contributed by atoms with E-state index in [1.54, 1.807) is 6.07 Å². The summed E-state index contributed by atoms with van der Waals surface area (Å²) in [5, 5.41) is 19.2.